The fraction of sp³-hybridized carbons (Fsp3) is 0.125. The van der Waals surface area contributed by atoms with Crippen molar-refractivity contribution in [2.24, 2.45) is 0 Å². The summed E-state index contributed by atoms with van der Waals surface area (Å²) in [5.41, 5.74) is 2.21. The molecule has 2 nitrogen and oxygen atoms in total. The predicted molar refractivity (Wildman–Crippen MR) is 97.5 cm³/mol. The molecule has 21 heavy (non-hydrogen) atoms. The molecule has 0 unspecified atom stereocenters. The zero-order valence-corrected chi connectivity index (χ0v) is 15.3. The molecule has 0 aliphatic heterocycles. The molecule has 0 aliphatic rings. The van der Waals surface area contributed by atoms with E-state index in [9.17, 15) is 0 Å². The van der Waals surface area contributed by atoms with E-state index in [1.807, 2.05) is 6.07 Å². The molecule has 1 aromatic heterocycles. The predicted octanol–water partition coefficient (Wildman–Crippen LogP) is 6.05. The van der Waals surface area contributed by atoms with Gasteiger partial charge >= 0.3 is 0 Å². The smallest absolute Gasteiger partial charge is 0.138 e. The van der Waals surface area contributed by atoms with Gasteiger partial charge in [0.15, 0.2) is 0 Å². The van der Waals surface area contributed by atoms with E-state index >= 15 is 0 Å². The Morgan fingerprint density at radius 1 is 1.14 bits per heavy atom. The zero-order valence-electron chi connectivity index (χ0n) is 11.3. The number of rotatable bonds is 4. The number of hydrogen-bond acceptors (Lipinski definition) is 3. The van der Waals surface area contributed by atoms with Crippen molar-refractivity contribution >= 4 is 59.0 Å². The first kappa shape index (κ1) is 14.9. The SMILES string of the molecule is COc1c(Br)cc(Br)cc1CNc1ccc2sccc2c1. The molecule has 1 N–H and O–H groups in total. The Kier molecular flexibility index (Phi) is 4.52. The molecule has 1 heterocycles. The monoisotopic (exact) mass is 425 g/mol. The van der Waals surface area contributed by atoms with Crippen LogP contribution < -0.4 is 10.1 Å². The second-order valence-corrected chi connectivity index (χ2v) is 7.32. The number of ether oxygens (including phenoxy) is 1. The van der Waals surface area contributed by atoms with E-state index in [1.54, 1.807) is 18.4 Å². The highest BCUT2D eigenvalue weighted by Gasteiger charge is 2.09. The molecule has 108 valence electrons. The van der Waals surface area contributed by atoms with Crippen LogP contribution in [-0.4, -0.2) is 7.11 Å². The summed E-state index contributed by atoms with van der Waals surface area (Å²) in [6.07, 6.45) is 0. The van der Waals surface area contributed by atoms with Gasteiger partial charge in [-0.05, 0) is 63.1 Å². The van der Waals surface area contributed by atoms with Crippen LogP contribution in [0, 0.1) is 0 Å². The Bertz CT molecular complexity index is 785. The van der Waals surface area contributed by atoms with Crippen molar-refractivity contribution in [1.29, 1.82) is 0 Å². The van der Waals surface area contributed by atoms with Gasteiger partial charge in [0.1, 0.15) is 5.75 Å². The molecule has 0 aliphatic carbocycles. The van der Waals surface area contributed by atoms with Gasteiger partial charge in [0, 0.05) is 27.0 Å². The van der Waals surface area contributed by atoms with Gasteiger partial charge in [-0.3, -0.25) is 0 Å². The lowest BCUT2D eigenvalue weighted by Gasteiger charge is -2.13. The Morgan fingerprint density at radius 3 is 2.81 bits per heavy atom. The maximum absolute atomic E-state index is 5.47. The van der Waals surface area contributed by atoms with Crippen molar-refractivity contribution in [1.82, 2.24) is 0 Å². The van der Waals surface area contributed by atoms with Gasteiger partial charge in [-0.2, -0.15) is 0 Å². The van der Waals surface area contributed by atoms with Crippen molar-refractivity contribution in [3.05, 3.63) is 56.3 Å². The molecular weight excluding hydrogens is 414 g/mol. The van der Waals surface area contributed by atoms with Crippen LogP contribution in [0.4, 0.5) is 5.69 Å². The van der Waals surface area contributed by atoms with Crippen molar-refractivity contribution in [2.75, 3.05) is 12.4 Å². The van der Waals surface area contributed by atoms with Crippen molar-refractivity contribution < 1.29 is 4.74 Å². The van der Waals surface area contributed by atoms with Gasteiger partial charge in [0.25, 0.3) is 0 Å². The van der Waals surface area contributed by atoms with Crippen LogP contribution in [0.3, 0.4) is 0 Å². The molecule has 3 aromatic rings. The average Bonchev–Trinajstić information content (AvgIpc) is 2.92. The van der Waals surface area contributed by atoms with Gasteiger partial charge in [-0.15, -0.1) is 11.3 Å². The van der Waals surface area contributed by atoms with Gasteiger partial charge in [0.2, 0.25) is 0 Å². The third-order valence-corrected chi connectivity index (χ3v) is 5.17. The number of thiophene rings is 1. The molecule has 0 saturated heterocycles. The highest BCUT2D eigenvalue weighted by atomic mass is 79.9. The van der Waals surface area contributed by atoms with Crippen LogP contribution in [0.15, 0.2) is 50.7 Å². The number of anilines is 1. The van der Waals surface area contributed by atoms with Crippen LogP contribution in [0.5, 0.6) is 5.75 Å². The first-order chi connectivity index (χ1) is 10.2. The normalized spacial score (nSPS) is 10.8. The number of methoxy groups -OCH3 is 1. The molecule has 0 radical (unpaired) electrons. The number of benzene rings is 2. The van der Waals surface area contributed by atoms with E-state index in [4.69, 9.17) is 4.74 Å². The quantitative estimate of drug-likeness (QED) is 0.548. The first-order valence-electron chi connectivity index (χ1n) is 6.40. The molecule has 2 aromatic carbocycles. The van der Waals surface area contributed by atoms with E-state index in [2.05, 4.69) is 72.9 Å². The summed E-state index contributed by atoms with van der Waals surface area (Å²) in [5, 5.41) is 6.84. The minimum absolute atomic E-state index is 0.705. The lowest BCUT2D eigenvalue weighted by molar-refractivity contribution is 0.407. The van der Waals surface area contributed by atoms with Gasteiger partial charge in [0.05, 0.1) is 11.6 Å². The molecular formula is C16H13Br2NOS. The lowest BCUT2D eigenvalue weighted by atomic mass is 10.2. The highest BCUT2D eigenvalue weighted by Crippen LogP contribution is 2.33. The summed E-state index contributed by atoms with van der Waals surface area (Å²) in [5.74, 6) is 0.863. The van der Waals surface area contributed by atoms with Crippen LogP contribution in [0.2, 0.25) is 0 Å². The largest absolute Gasteiger partial charge is 0.495 e. The standard InChI is InChI=1S/C16H13Br2NOS/c1-20-16-11(6-12(17)8-14(16)18)9-19-13-2-3-15-10(7-13)4-5-21-15/h2-8,19H,9H2,1H3. The van der Waals surface area contributed by atoms with Gasteiger partial charge in [-0.1, -0.05) is 15.9 Å². The third kappa shape index (κ3) is 3.25. The Labute approximate surface area is 144 Å². The van der Waals surface area contributed by atoms with E-state index in [0.717, 1.165) is 25.9 Å². The minimum Gasteiger partial charge on any atom is -0.495 e. The fourth-order valence-corrected chi connectivity index (χ4v) is 4.49. The zero-order chi connectivity index (χ0) is 14.8. The van der Waals surface area contributed by atoms with Crippen LogP contribution in [0.25, 0.3) is 10.1 Å². The van der Waals surface area contributed by atoms with Crippen molar-refractivity contribution in [3.63, 3.8) is 0 Å². The average molecular weight is 427 g/mol. The first-order valence-corrected chi connectivity index (χ1v) is 8.87. The second-order valence-electron chi connectivity index (χ2n) is 4.61. The minimum atomic E-state index is 0.705. The summed E-state index contributed by atoms with van der Waals surface area (Å²) in [7, 11) is 1.69. The molecule has 0 spiro atoms. The van der Waals surface area contributed by atoms with E-state index in [0.29, 0.717) is 6.54 Å². The van der Waals surface area contributed by atoms with E-state index in [1.165, 1.54) is 10.1 Å². The number of halogens is 2. The molecule has 0 bridgehead atoms. The molecule has 0 amide bonds. The Balaban J connectivity index is 1.83. The highest BCUT2D eigenvalue weighted by molar-refractivity contribution is 9.11. The summed E-state index contributed by atoms with van der Waals surface area (Å²) >= 11 is 8.81. The molecule has 3 rings (SSSR count). The number of nitrogens with one attached hydrogen (secondary N) is 1. The Morgan fingerprint density at radius 2 is 2.00 bits per heavy atom. The van der Waals surface area contributed by atoms with Crippen LogP contribution in [-0.2, 0) is 6.54 Å². The Hall–Kier alpha value is -1.04. The number of fused-ring (bicyclic) bond motifs is 1. The van der Waals surface area contributed by atoms with E-state index < -0.39 is 0 Å². The van der Waals surface area contributed by atoms with Crippen LogP contribution in [0.1, 0.15) is 5.56 Å². The van der Waals surface area contributed by atoms with E-state index in [-0.39, 0.29) is 0 Å². The summed E-state index contributed by atoms with van der Waals surface area (Å²) in [6, 6.07) is 12.6. The molecule has 0 atom stereocenters. The number of hydrogen-bond donors (Lipinski definition) is 1. The summed E-state index contributed by atoms with van der Waals surface area (Å²) in [4.78, 5) is 0. The van der Waals surface area contributed by atoms with Crippen LogP contribution >= 0.6 is 43.2 Å². The van der Waals surface area contributed by atoms with Gasteiger partial charge < -0.3 is 10.1 Å². The summed E-state index contributed by atoms with van der Waals surface area (Å²) < 4.78 is 8.76. The van der Waals surface area contributed by atoms with Gasteiger partial charge in [-0.25, -0.2) is 0 Å². The molecule has 5 heteroatoms. The lowest BCUT2D eigenvalue weighted by Crippen LogP contribution is -2.02. The van der Waals surface area contributed by atoms with Crippen molar-refractivity contribution in [3.8, 4) is 5.75 Å². The molecule has 0 fully saturated rings. The van der Waals surface area contributed by atoms with Crippen molar-refractivity contribution in [2.45, 2.75) is 6.54 Å². The topological polar surface area (TPSA) is 21.3 Å². The summed E-state index contributed by atoms with van der Waals surface area (Å²) in [6.45, 7) is 0.705. The molecule has 0 saturated carbocycles. The second kappa shape index (κ2) is 6.38. The maximum atomic E-state index is 5.47. The third-order valence-electron chi connectivity index (χ3n) is 3.22. The maximum Gasteiger partial charge on any atom is 0.138 e. The fourth-order valence-electron chi connectivity index (χ4n) is 2.25.